The highest BCUT2D eigenvalue weighted by Gasteiger charge is 2.40. The Labute approximate surface area is 63.6 Å². The Balaban J connectivity index is 2.11. The molecule has 2 saturated heterocycles. The molecule has 58 valence electrons. The Morgan fingerprint density at radius 3 is 2.10 bits per heavy atom. The maximum Gasteiger partial charge on any atom is 0.0864 e. The molecule has 0 aromatic rings. The molecule has 0 bridgehead atoms. The SMILES string of the molecule is CC1CCC[N+]12CCCC2. The molecular weight excluding hydrogens is 122 g/mol. The molecule has 0 aromatic heterocycles. The van der Waals surface area contributed by atoms with Crippen molar-refractivity contribution in [3.8, 4) is 0 Å². The fourth-order valence-electron chi connectivity index (χ4n) is 2.83. The minimum atomic E-state index is 0.988. The van der Waals surface area contributed by atoms with Crippen molar-refractivity contribution in [2.75, 3.05) is 19.6 Å². The number of nitrogens with zero attached hydrogens (tertiary/aromatic N) is 1. The monoisotopic (exact) mass is 140 g/mol. The van der Waals surface area contributed by atoms with Gasteiger partial charge in [-0.3, -0.25) is 0 Å². The predicted molar refractivity (Wildman–Crippen MR) is 42.8 cm³/mol. The molecule has 10 heavy (non-hydrogen) atoms. The minimum Gasteiger partial charge on any atom is -0.321 e. The average molecular weight is 140 g/mol. The summed E-state index contributed by atoms with van der Waals surface area (Å²) in [6, 6.07) is 0.988. The molecule has 0 saturated carbocycles. The summed E-state index contributed by atoms with van der Waals surface area (Å²) in [5, 5.41) is 0. The number of hydrogen-bond donors (Lipinski definition) is 0. The van der Waals surface area contributed by atoms with E-state index in [2.05, 4.69) is 6.92 Å². The molecule has 2 aliphatic heterocycles. The van der Waals surface area contributed by atoms with Gasteiger partial charge >= 0.3 is 0 Å². The summed E-state index contributed by atoms with van der Waals surface area (Å²) in [5.41, 5.74) is 0. The van der Waals surface area contributed by atoms with Gasteiger partial charge in [0.15, 0.2) is 0 Å². The van der Waals surface area contributed by atoms with Crippen molar-refractivity contribution in [3.63, 3.8) is 0 Å². The molecule has 1 spiro atoms. The van der Waals surface area contributed by atoms with E-state index in [0.29, 0.717) is 0 Å². The lowest BCUT2D eigenvalue weighted by molar-refractivity contribution is -0.926. The standard InChI is InChI=1S/C9H18N/c1-9-5-4-8-10(9)6-2-3-7-10/h9H,2-8H2,1H3/q+1. The second-order valence-corrected chi connectivity index (χ2v) is 4.09. The smallest absolute Gasteiger partial charge is 0.0864 e. The zero-order valence-electron chi connectivity index (χ0n) is 6.97. The highest BCUT2D eigenvalue weighted by Crippen LogP contribution is 2.31. The molecule has 0 N–H and O–H groups in total. The van der Waals surface area contributed by atoms with Crippen LogP contribution in [-0.2, 0) is 0 Å². The summed E-state index contributed by atoms with van der Waals surface area (Å²) in [4.78, 5) is 0. The Bertz CT molecular complexity index is 119. The molecule has 0 amide bonds. The first kappa shape index (κ1) is 6.66. The minimum absolute atomic E-state index is 0.988. The first-order valence-corrected chi connectivity index (χ1v) is 4.69. The summed E-state index contributed by atoms with van der Waals surface area (Å²) in [7, 11) is 0. The summed E-state index contributed by atoms with van der Waals surface area (Å²) in [5.74, 6) is 0. The molecule has 1 unspecified atom stereocenters. The van der Waals surface area contributed by atoms with Crippen molar-refractivity contribution in [2.24, 2.45) is 0 Å². The van der Waals surface area contributed by atoms with Gasteiger partial charge in [-0.2, -0.15) is 0 Å². The van der Waals surface area contributed by atoms with Crippen LogP contribution in [0, 0.1) is 0 Å². The third kappa shape index (κ3) is 0.800. The fraction of sp³-hybridized carbons (Fsp3) is 1.00. The van der Waals surface area contributed by atoms with Crippen LogP contribution < -0.4 is 0 Å². The van der Waals surface area contributed by atoms with Gasteiger partial charge in [0.1, 0.15) is 0 Å². The fourth-order valence-corrected chi connectivity index (χ4v) is 2.83. The highest BCUT2D eigenvalue weighted by molar-refractivity contribution is 4.67. The molecule has 2 heterocycles. The number of rotatable bonds is 0. The normalized spacial score (nSPS) is 37.5. The highest BCUT2D eigenvalue weighted by atomic mass is 15.4. The Morgan fingerprint density at radius 2 is 1.60 bits per heavy atom. The molecular formula is C9H18N+. The Morgan fingerprint density at radius 1 is 1.00 bits per heavy atom. The Hall–Kier alpha value is -0.0400. The molecule has 0 aromatic carbocycles. The van der Waals surface area contributed by atoms with Crippen LogP contribution in [0.4, 0.5) is 0 Å². The topological polar surface area (TPSA) is 0 Å². The summed E-state index contributed by atoms with van der Waals surface area (Å²) in [6.45, 7) is 6.90. The summed E-state index contributed by atoms with van der Waals surface area (Å²) >= 11 is 0. The third-order valence-electron chi connectivity index (χ3n) is 3.62. The van der Waals surface area contributed by atoms with Crippen LogP contribution in [0.1, 0.15) is 32.6 Å². The molecule has 2 aliphatic rings. The van der Waals surface area contributed by atoms with Crippen molar-refractivity contribution in [1.29, 1.82) is 0 Å². The maximum absolute atomic E-state index is 2.44. The van der Waals surface area contributed by atoms with Gasteiger partial charge in [0, 0.05) is 25.7 Å². The lowest BCUT2D eigenvalue weighted by Gasteiger charge is -2.33. The van der Waals surface area contributed by atoms with E-state index < -0.39 is 0 Å². The van der Waals surface area contributed by atoms with Crippen molar-refractivity contribution in [1.82, 2.24) is 0 Å². The Kier molecular flexibility index (Phi) is 1.48. The van der Waals surface area contributed by atoms with Gasteiger partial charge in [0.25, 0.3) is 0 Å². The van der Waals surface area contributed by atoms with E-state index >= 15 is 0 Å². The largest absolute Gasteiger partial charge is 0.321 e. The van der Waals surface area contributed by atoms with Crippen molar-refractivity contribution >= 4 is 0 Å². The van der Waals surface area contributed by atoms with Crippen LogP contribution in [0.5, 0.6) is 0 Å². The molecule has 1 nitrogen and oxygen atoms in total. The maximum atomic E-state index is 2.44. The predicted octanol–water partition coefficient (Wildman–Crippen LogP) is 1.78. The average Bonchev–Trinajstić information content (AvgIpc) is 2.48. The van der Waals surface area contributed by atoms with Gasteiger partial charge in [-0.25, -0.2) is 0 Å². The number of hydrogen-bond acceptors (Lipinski definition) is 0. The molecule has 1 atom stereocenters. The zero-order chi connectivity index (χ0) is 7.03. The van der Waals surface area contributed by atoms with E-state index in [-0.39, 0.29) is 0 Å². The summed E-state index contributed by atoms with van der Waals surface area (Å²) in [6.07, 6.45) is 5.95. The van der Waals surface area contributed by atoms with E-state index in [1.165, 1.54) is 49.8 Å². The third-order valence-corrected chi connectivity index (χ3v) is 3.62. The lowest BCUT2D eigenvalue weighted by atomic mass is 10.2. The number of quaternary nitrogens is 1. The van der Waals surface area contributed by atoms with Crippen molar-refractivity contribution < 1.29 is 4.48 Å². The molecule has 1 heteroatoms. The van der Waals surface area contributed by atoms with Crippen LogP contribution in [0.2, 0.25) is 0 Å². The molecule has 2 fully saturated rings. The van der Waals surface area contributed by atoms with Gasteiger partial charge < -0.3 is 4.48 Å². The quantitative estimate of drug-likeness (QED) is 0.450. The first-order chi connectivity index (χ1) is 4.83. The van der Waals surface area contributed by atoms with E-state index in [0.717, 1.165) is 6.04 Å². The van der Waals surface area contributed by atoms with Crippen LogP contribution >= 0.6 is 0 Å². The van der Waals surface area contributed by atoms with Crippen molar-refractivity contribution in [2.45, 2.75) is 38.6 Å². The molecule has 0 radical (unpaired) electrons. The van der Waals surface area contributed by atoms with Crippen LogP contribution in [0.3, 0.4) is 0 Å². The van der Waals surface area contributed by atoms with E-state index in [1.807, 2.05) is 0 Å². The molecule has 0 aliphatic carbocycles. The van der Waals surface area contributed by atoms with Gasteiger partial charge in [0.05, 0.1) is 25.7 Å². The lowest BCUT2D eigenvalue weighted by Crippen LogP contribution is -2.47. The van der Waals surface area contributed by atoms with Crippen molar-refractivity contribution in [3.05, 3.63) is 0 Å². The molecule has 2 rings (SSSR count). The second-order valence-electron chi connectivity index (χ2n) is 4.09. The van der Waals surface area contributed by atoms with Gasteiger partial charge in [-0.1, -0.05) is 0 Å². The first-order valence-electron chi connectivity index (χ1n) is 4.69. The van der Waals surface area contributed by atoms with Gasteiger partial charge in [0.2, 0.25) is 0 Å². The summed E-state index contributed by atoms with van der Waals surface area (Å²) < 4.78 is 1.49. The van der Waals surface area contributed by atoms with E-state index in [4.69, 9.17) is 0 Å². The van der Waals surface area contributed by atoms with Gasteiger partial charge in [-0.05, 0) is 6.92 Å². The van der Waals surface area contributed by atoms with E-state index in [1.54, 1.807) is 0 Å². The van der Waals surface area contributed by atoms with E-state index in [9.17, 15) is 0 Å². The van der Waals surface area contributed by atoms with Gasteiger partial charge in [-0.15, -0.1) is 0 Å². The van der Waals surface area contributed by atoms with Crippen LogP contribution in [0.25, 0.3) is 0 Å². The zero-order valence-corrected chi connectivity index (χ0v) is 6.97. The second kappa shape index (κ2) is 2.23. The van der Waals surface area contributed by atoms with Crippen LogP contribution in [-0.4, -0.2) is 30.2 Å². The van der Waals surface area contributed by atoms with Crippen LogP contribution in [0.15, 0.2) is 0 Å².